The minimum Gasteiger partial charge on any atom is -0.462 e. The smallest absolute Gasteiger partial charge is 0.339 e. The fourth-order valence-electron chi connectivity index (χ4n) is 3.18. The van der Waals surface area contributed by atoms with Gasteiger partial charge in [-0.3, -0.25) is 0 Å². The van der Waals surface area contributed by atoms with Crippen molar-refractivity contribution in [2.24, 2.45) is 0 Å². The molecular formula is C25H40O4. The second-order valence-corrected chi connectivity index (χ2v) is 7.84. The number of unbranched alkanes of at least 4 members (excludes halogenated alkanes) is 10. The van der Waals surface area contributed by atoms with E-state index in [2.05, 4.69) is 6.92 Å². The van der Waals surface area contributed by atoms with Crippen LogP contribution in [0.1, 0.15) is 119 Å². The van der Waals surface area contributed by atoms with E-state index < -0.39 is 11.9 Å². The normalized spacial score (nSPS) is 11.8. The highest BCUT2D eigenvalue weighted by molar-refractivity contribution is 6.03. The largest absolute Gasteiger partial charge is 0.462 e. The van der Waals surface area contributed by atoms with E-state index in [1.165, 1.54) is 57.8 Å². The van der Waals surface area contributed by atoms with Crippen LogP contribution in [0.5, 0.6) is 0 Å². The Hall–Kier alpha value is -1.84. The van der Waals surface area contributed by atoms with Gasteiger partial charge in [0, 0.05) is 0 Å². The molecule has 0 spiro atoms. The fraction of sp³-hybridized carbons (Fsp3) is 0.680. The van der Waals surface area contributed by atoms with Crippen molar-refractivity contribution in [1.82, 2.24) is 0 Å². The van der Waals surface area contributed by atoms with Crippen molar-refractivity contribution in [2.45, 2.75) is 104 Å². The van der Waals surface area contributed by atoms with Gasteiger partial charge in [0.05, 0.1) is 23.8 Å². The maximum Gasteiger partial charge on any atom is 0.339 e. The molecule has 164 valence electrons. The van der Waals surface area contributed by atoms with Gasteiger partial charge in [-0.2, -0.15) is 0 Å². The Labute approximate surface area is 177 Å². The summed E-state index contributed by atoms with van der Waals surface area (Å²) in [6, 6.07) is 6.70. The molecule has 1 unspecified atom stereocenters. The molecule has 4 nitrogen and oxygen atoms in total. The molecule has 0 aliphatic heterocycles. The molecule has 0 N–H and O–H groups in total. The molecule has 4 heteroatoms. The SMILES string of the molecule is CCCCCCCCCCCCCOC(=O)c1ccccc1C(=O)OC(C)CC. The van der Waals surface area contributed by atoms with Crippen LogP contribution in [0.2, 0.25) is 0 Å². The molecule has 0 saturated carbocycles. The summed E-state index contributed by atoms with van der Waals surface area (Å²) in [6.07, 6.45) is 14.3. The Morgan fingerprint density at radius 2 is 1.24 bits per heavy atom. The molecule has 0 fully saturated rings. The van der Waals surface area contributed by atoms with Gasteiger partial charge in [0.1, 0.15) is 0 Å². The van der Waals surface area contributed by atoms with Crippen LogP contribution in [0.25, 0.3) is 0 Å². The summed E-state index contributed by atoms with van der Waals surface area (Å²) < 4.78 is 10.7. The third kappa shape index (κ3) is 11.1. The molecule has 0 aliphatic rings. The first kappa shape index (κ1) is 25.2. The van der Waals surface area contributed by atoms with E-state index in [9.17, 15) is 9.59 Å². The molecule has 0 amide bonds. The van der Waals surface area contributed by atoms with Gasteiger partial charge in [0.25, 0.3) is 0 Å². The Morgan fingerprint density at radius 3 is 1.76 bits per heavy atom. The summed E-state index contributed by atoms with van der Waals surface area (Å²) in [4.78, 5) is 24.7. The summed E-state index contributed by atoms with van der Waals surface area (Å²) in [6.45, 7) is 6.43. The van der Waals surface area contributed by atoms with Gasteiger partial charge in [0.2, 0.25) is 0 Å². The number of hydrogen-bond donors (Lipinski definition) is 0. The van der Waals surface area contributed by atoms with E-state index in [1.54, 1.807) is 24.3 Å². The van der Waals surface area contributed by atoms with Crippen LogP contribution in [0, 0.1) is 0 Å². The van der Waals surface area contributed by atoms with E-state index >= 15 is 0 Å². The van der Waals surface area contributed by atoms with Gasteiger partial charge in [-0.1, -0.05) is 90.2 Å². The zero-order chi connectivity index (χ0) is 21.3. The molecule has 0 heterocycles. The quantitative estimate of drug-likeness (QED) is 0.218. The van der Waals surface area contributed by atoms with Gasteiger partial charge in [-0.05, 0) is 31.9 Å². The van der Waals surface area contributed by atoms with Crippen molar-refractivity contribution >= 4 is 11.9 Å². The maximum absolute atomic E-state index is 12.4. The molecule has 0 radical (unpaired) electrons. The van der Waals surface area contributed by atoms with E-state index in [1.807, 2.05) is 13.8 Å². The average molecular weight is 405 g/mol. The summed E-state index contributed by atoms with van der Waals surface area (Å²) in [5.41, 5.74) is 0.556. The van der Waals surface area contributed by atoms with Crippen LogP contribution in [-0.2, 0) is 9.47 Å². The lowest BCUT2D eigenvalue weighted by Gasteiger charge is -2.13. The van der Waals surface area contributed by atoms with Crippen LogP contribution in [0.4, 0.5) is 0 Å². The second-order valence-electron chi connectivity index (χ2n) is 7.84. The predicted molar refractivity (Wildman–Crippen MR) is 118 cm³/mol. The molecule has 1 rings (SSSR count). The molecule has 0 aliphatic carbocycles. The average Bonchev–Trinajstić information content (AvgIpc) is 2.74. The number of ether oxygens (including phenoxy) is 2. The summed E-state index contributed by atoms with van der Waals surface area (Å²) >= 11 is 0. The number of benzene rings is 1. The number of carbonyl (C=O) groups excluding carboxylic acids is 2. The van der Waals surface area contributed by atoms with Crippen molar-refractivity contribution in [3.8, 4) is 0 Å². The first-order valence-corrected chi connectivity index (χ1v) is 11.6. The molecule has 0 bridgehead atoms. The topological polar surface area (TPSA) is 52.6 Å². The van der Waals surface area contributed by atoms with Gasteiger partial charge >= 0.3 is 11.9 Å². The first-order valence-electron chi connectivity index (χ1n) is 11.6. The van der Waals surface area contributed by atoms with Crippen LogP contribution in [0.15, 0.2) is 24.3 Å². The monoisotopic (exact) mass is 404 g/mol. The standard InChI is InChI=1S/C25H40O4/c1-4-6-7-8-9-10-11-12-13-14-17-20-28-24(26)22-18-15-16-19-23(22)25(27)29-21(3)5-2/h15-16,18-19,21H,4-14,17,20H2,1-3H3. The zero-order valence-electron chi connectivity index (χ0n) is 18.7. The van der Waals surface area contributed by atoms with Crippen molar-refractivity contribution in [2.75, 3.05) is 6.61 Å². The second kappa shape index (κ2) is 16.0. The van der Waals surface area contributed by atoms with Crippen molar-refractivity contribution in [1.29, 1.82) is 0 Å². The molecule has 1 atom stereocenters. The summed E-state index contributed by atoms with van der Waals surface area (Å²) in [5.74, 6) is -0.921. The van der Waals surface area contributed by atoms with E-state index in [0.717, 1.165) is 19.3 Å². The van der Waals surface area contributed by atoms with Gasteiger partial charge in [0.15, 0.2) is 0 Å². The van der Waals surface area contributed by atoms with Gasteiger partial charge in [-0.15, -0.1) is 0 Å². The third-order valence-corrected chi connectivity index (χ3v) is 5.23. The Bertz CT molecular complexity index is 582. The van der Waals surface area contributed by atoms with Crippen molar-refractivity contribution in [3.63, 3.8) is 0 Å². The zero-order valence-corrected chi connectivity index (χ0v) is 18.7. The Kier molecular flexibility index (Phi) is 13.9. The van der Waals surface area contributed by atoms with E-state index in [-0.39, 0.29) is 17.2 Å². The minimum atomic E-state index is -0.471. The third-order valence-electron chi connectivity index (χ3n) is 5.23. The Balaban J connectivity index is 2.21. The number of carbonyl (C=O) groups is 2. The van der Waals surface area contributed by atoms with Gasteiger partial charge < -0.3 is 9.47 Å². The van der Waals surface area contributed by atoms with Gasteiger partial charge in [-0.25, -0.2) is 9.59 Å². The Morgan fingerprint density at radius 1 is 0.759 bits per heavy atom. The molecule has 1 aromatic carbocycles. The lowest BCUT2D eigenvalue weighted by molar-refractivity contribution is 0.0321. The lowest BCUT2D eigenvalue weighted by atomic mass is 10.1. The van der Waals surface area contributed by atoms with Crippen LogP contribution < -0.4 is 0 Å². The molecule has 0 aromatic heterocycles. The van der Waals surface area contributed by atoms with Crippen LogP contribution in [0.3, 0.4) is 0 Å². The molecule has 1 aromatic rings. The van der Waals surface area contributed by atoms with Crippen molar-refractivity contribution < 1.29 is 19.1 Å². The highest BCUT2D eigenvalue weighted by Gasteiger charge is 2.20. The van der Waals surface area contributed by atoms with E-state index in [0.29, 0.717) is 6.61 Å². The van der Waals surface area contributed by atoms with Crippen LogP contribution >= 0.6 is 0 Å². The molecular weight excluding hydrogens is 364 g/mol. The highest BCUT2D eigenvalue weighted by Crippen LogP contribution is 2.15. The predicted octanol–water partition coefficient (Wildman–Crippen LogP) is 7.11. The minimum absolute atomic E-state index is 0.178. The van der Waals surface area contributed by atoms with Crippen molar-refractivity contribution in [3.05, 3.63) is 35.4 Å². The number of rotatable bonds is 16. The molecule has 29 heavy (non-hydrogen) atoms. The highest BCUT2D eigenvalue weighted by atomic mass is 16.5. The lowest BCUT2D eigenvalue weighted by Crippen LogP contribution is -2.18. The van der Waals surface area contributed by atoms with Crippen LogP contribution in [-0.4, -0.2) is 24.6 Å². The number of esters is 2. The molecule has 0 saturated heterocycles. The fourth-order valence-corrected chi connectivity index (χ4v) is 3.18. The van der Waals surface area contributed by atoms with E-state index in [4.69, 9.17) is 9.47 Å². The summed E-state index contributed by atoms with van der Waals surface area (Å²) in [5, 5.41) is 0. The summed E-state index contributed by atoms with van der Waals surface area (Å²) in [7, 11) is 0. The maximum atomic E-state index is 12.4. The number of hydrogen-bond acceptors (Lipinski definition) is 4. The first-order chi connectivity index (χ1) is 14.1.